The van der Waals surface area contributed by atoms with Crippen molar-refractivity contribution in [2.45, 2.75) is 45.1 Å². The molecule has 1 aromatic rings. The third-order valence-corrected chi connectivity index (χ3v) is 4.39. The van der Waals surface area contributed by atoms with E-state index in [1.807, 2.05) is 0 Å². The first-order valence-corrected chi connectivity index (χ1v) is 8.31. The molecule has 3 nitrogen and oxygen atoms in total. The summed E-state index contributed by atoms with van der Waals surface area (Å²) in [5.74, 6) is 1.86. The van der Waals surface area contributed by atoms with Gasteiger partial charge in [0, 0.05) is 18.3 Å². The minimum absolute atomic E-state index is 0.643. The van der Waals surface area contributed by atoms with Crippen LogP contribution in [0.5, 0.6) is 5.75 Å². The number of nitrogens with zero attached hydrogens (tertiary/aromatic N) is 1. The molecule has 0 aromatic heterocycles. The van der Waals surface area contributed by atoms with Gasteiger partial charge in [0.05, 0.1) is 0 Å². The quantitative estimate of drug-likeness (QED) is 0.821. The van der Waals surface area contributed by atoms with Crippen LogP contribution in [-0.2, 0) is 0 Å². The molecule has 1 N–H and O–H groups in total. The molecule has 0 radical (unpaired) electrons. The minimum Gasteiger partial charge on any atom is -0.492 e. The summed E-state index contributed by atoms with van der Waals surface area (Å²) < 4.78 is 5.73. The highest BCUT2D eigenvalue weighted by atomic mass is 16.5. The second kappa shape index (κ2) is 8.28. The van der Waals surface area contributed by atoms with Gasteiger partial charge in [-0.25, -0.2) is 0 Å². The summed E-state index contributed by atoms with van der Waals surface area (Å²) in [6.45, 7) is 3.99. The number of rotatable bonds is 7. The lowest BCUT2D eigenvalue weighted by molar-refractivity contribution is 0.261. The van der Waals surface area contributed by atoms with Gasteiger partial charge >= 0.3 is 0 Å². The fourth-order valence-electron chi connectivity index (χ4n) is 3.02. The van der Waals surface area contributed by atoms with Crippen molar-refractivity contribution in [3.63, 3.8) is 0 Å². The van der Waals surface area contributed by atoms with Crippen LogP contribution >= 0.6 is 0 Å². The van der Waals surface area contributed by atoms with E-state index in [1.54, 1.807) is 0 Å². The van der Waals surface area contributed by atoms with Crippen LogP contribution in [0.4, 0.5) is 5.69 Å². The predicted octanol–water partition coefficient (Wildman–Crippen LogP) is 4.01. The number of ether oxygens (including phenoxy) is 1. The van der Waals surface area contributed by atoms with E-state index in [4.69, 9.17) is 4.74 Å². The molecule has 1 aliphatic rings. The van der Waals surface area contributed by atoms with Crippen LogP contribution in [0.2, 0.25) is 0 Å². The molecule has 0 amide bonds. The smallest absolute Gasteiger partial charge is 0.119 e. The average Bonchev–Trinajstić information content (AvgIpc) is 2.49. The lowest BCUT2D eigenvalue weighted by atomic mass is 9.84. The van der Waals surface area contributed by atoms with E-state index < -0.39 is 0 Å². The van der Waals surface area contributed by atoms with Gasteiger partial charge in [0.25, 0.3) is 0 Å². The summed E-state index contributed by atoms with van der Waals surface area (Å²) in [6, 6.07) is 9.06. The first-order chi connectivity index (χ1) is 10.2. The molecule has 1 aromatic carbocycles. The molecule has 0 bridgehead atoms. The predicted molar refractivity (Wildman–Crippen MR) is 90.2 cm³/mol. The van der Waals surface area contributed by atoms with Gasteiger partial charge in [-0.15, -0.1) is 0 Å². The van der Waals surface area contributed by atoms with Crippen molar-refractivity contribution in [3.05, 3.63) is 24.3 Å². The van der Waals surface area contributed by atoms with Crippen molar-refractivity contribution in [2.75, 3.05) is 32.6 Å². The fraction of sp³-hybridized carbons (Fsp3) is 0.667. The van der Waals surface area contributed by atoms with Crippen LogP contribution in [0.3, 0.4) is 0 Å². The normalized spacial score (nSPS) is 22.3. The summed E-state index contributed by atoms with van der Waals surface area (Å²) in [5.41, 5.74) is 1.22. The third-order valence-electron chi connectivity index (χ3n) is 4.39. The topological polar surface area (TPSA) is 24.5 Å². The molecule has 0 heterocycles. The Balaban J connectivity index is 1.79. The molecular weight excluding hydrogens is 260 g/mol. The minimum atomic E-state index is 0.643. The van der Waals surface area contributed by atoms with E-state index in [9.17, 15) is 0 Å². The molecule has 2 unspecified atom stereocenters. The number of likely N-dealkylation sites (N-methyl/N-ethyl adjacent to an activating group) is 1. The van der Waals surface area contributed by atoms with E-state index in [2.05, 4.69) is 55.5 Å². The summed E-state index contributed by atoms with van der Waals surface area (Å²) in [5, 5.41) is 3.68. The maximum atomic E-state index is 5.73. The molecule has 1 aliphatic carbocycles. The molecule has 0 aliphatic heterocycles. The molecule has 118 valence electrons. The van der Waals surface area contributed by atoms with Crippen LogP contribution < -0.4 is 10.1 Å². The lowest BCUT2D eigenvalue weighted by Gasteiger charge is -2.29. The zero-order valence-electron chi connectivity index (χ0n) is 13.8. The Kier molecular flexibility index (Phi) is 6.37. The van der Waals surface area contributed by atoms with Gasteiger partial charge in [0.15, 0.2) is 0 Å². The number of hydrogen-bond acceptors (Lipinski definition) is 3. The third kappa shape index (κ3) is 5.58. The second-order valence-electron chi connectivity index (χ2n) is 6.46. The maximum absolute atomic E-state index is 5.73. The highest BCUT2D eigenvalue weighted by Crippen LogP contribution is 2.29. The Bertz CT molecular complexity index is 402. The summed E-state index contributed by atoms with van der Waals surface area (Å²) >= 11 is 0. The van der Waals surface area contributed by atoms with E-state index in [0.717, 1.165) is 24.8 Å². The van der Waals surface area contributed by atoms with Gasteiger partial charge in [-0.2, -0.15) is 0 Å². The van der Waals surface area contributed by atoms with Crippen molar-refractivity contribution in [1.29, 1.82) is 0 Å². The Morgan fingerprint density at radius 3 is 2.62 bits per heavy atom. The average molecular weight is 290 g/mol. The largest absolute Gasteiger partial charge is 0.492 e. The van der Waals surface area contributed by atoms with Gasteiger partial charge in [-0.05, 0) is 57.1 Å². The van der Waals surface area contributed by atoms with Gasteiger partial charge in [-0.3, -0.25) is 0 Å². The van der Waals surface area contributed by atoms with Crippen molar-refractivity contribution in [3.8, 4) is 5.75 Å². The molecule has 3 heteroatoms. The SMILES string of the molecule is CCC1CCCC(Nc2ccc(OCCN(C)C)cc2)C1. The fourth-order valence-corrected chi connectivity index (χ4v) is 3.02. The summed E-state index contributed by atoms with van der Waals surface area (Å²) in [4.78, 5) is 2.13. The molecular formula is C18H30N2O. The van der Waals surface area contributed by atoms with E-state index in [-0.39, 0.29) is 0 Å². The second-order valence-corrected chi connectivity index (χ2v) is 6.46. The first kappa shape index (κ1) is 16.2. The van der Waals surface area contributed by atoms with Crippen LogP contribution in [0.25, 0.3) is 0 Å². The van der Waals surface area contributed by atoms with Crippen molar-refractivity contribution < 1.29 is 4.74 Å². The summed E-state index contributed by atoms with van der Waals surface area (Å²) in [6.07, 6.45) is 6.71. The maximum Gasteiger partial charge on any atom is 0.119 e. The van der Waals surface area contributed by atoms with Crippen molar-refractivity contribution in [1.82, 2.24) is 4.90 Å². The molecule has 2 atom stereocenters. The molecule has 2 rings (SSSR count). The molecule has 0 saturated heterocycles. The van der Waals surface area contributed by atoms with E-state index >= 15 is 0 Å². The molecule has 0 spiro atoms. The number of benzene rings is 1. The molecule has 1 fully saturated rings. The Morgan fingerprint density at radius 2 is 1.95 bits per heavy atom. The molecule has 1 saturated carbocycles. The van der Waals surface area contributed by atoms with E-state index in [0.29, 0.717) is 6.04 Å². The van der Waals surface area contributed by atoms with Gasteiger partial charge in [-0.1, -0.05) is 26.2 Å². The van der Waals surface area contributed by atoms with Gasteiger partial charge in [0.1, 0.15) is 12.4 Å². The number of hydrogen-bond donors (Lipinski definition) is 1. The van der Waals surface area contributed by atoms with E-state index in [1.165, 1.54) is 37.8 Å². The Labute approximate surface area is 129 Å². The van der Waals surface area contributed by atoms with Crippen molar-refractivity contribution >= 4 is 5.69 Å². The van der Waals surface area contributed by atoms with Crippen molar-refractivity contribution in [2.24, 2.45) is 5.92 Å². The zero-order valence-corrected chi connectivity index (χ0v) is 13.8. The van der Waals surface area contributed by atoms with Crippen LogP contribution in [0, 0.1) is 5.92 Å². The summed E-state index contributed by atoms with van der Waals surface area (Å²) in [7, 11) is 4.12. The number of nitrogens with one attached hydrogen (secondary N) is 1. The first-order valence-electron chi connectivity index (χ1n) is 8.31. The van der Waals surface area contributed by atoms with Crippen LogP contribution in [-0.4, -0.2) is 38.2 Å². The monoisotopic (exact) mass is 290 g/mol. The highest BCUT2D eigenvalue weighted by molar-refractivity contribution is 5.47. The standard InChI is InChI=1S/C18H30N2O/c1-4-15-6-5-7-17(14-15)19-16-8-10-18(11-9-16)21-13-12-20(2)3/h8-11,15,17,19H,4-7,12-14H2,1-3H3. The van der Waals surface area contributed by atoms with Gasteiger partial charge < -0.3 is 15.0 Å². The van der Waals surface area contributed by atoms with Gasteiger partial charge in [0.2, 0.25) is 0 Å². The Morgan fingerprint density at radius 1 is 1.19 bits per heavy atom. The lowest BCUT2D eigenvalue weighted by Crippen LogP contribution is -2.27. The zero-order chi connectivity index (χ0) is 15.1. The van der Waals surface area contributed by atoms with Crippen LogP contribution in [0.15, 0.2) is 24.3 Å². The Hall–Kier alpha value is -1.22. The molecule has 21 heavy (non-hydrogen) atoms. The number of anilines is 1. The highest BCUT2D eigenvalue weighted by Gasteiger charge is 2.20. The van der Waals surface area contributed by atoms with Crippen LogP contribution in [0.1, 0.15) is 39.0 Å².